The van der Waals surface area contributed by atoms with E-state index >= 15 is 0 Å². The summed E-state index contributed by atoms with van der Waals surface area (Å²) in [7, 11) is 0. The van der Waals surface area contributed by atoms with E-state index in [1.807, 2.05) is 32.0 Å². The number of rotatable bonds is 12. The average Bonchev–Trinajstić information content (AvgIpc) is 3.22. The van der Waals surface area contributed by atoms with Crippen LogP contribution in [0.3, 0.4) is 0 Å². The van der Waals surface area contributed by atoms with Crippen molar-refractivity contribution in [1.29, 1.82) is 0 Å². The third-order valence-corrected chi connectivity index (χ3v) is 8.27. The molecule has 0 unspecified atom stereocenters. The van der Waals surface area contributed by atoms with Gasteiger partial charge in [-0.2, -0.15) is 0 Å². The number of hydrogen-bond acceptors (Lipinski definition) is 7. The van der Waals surface area contributed by atoms with Gasteiger partial charge in [0.25, 0.3) is 17.1 Å². The Balaban J connectivity index is 1.42. The fourth-order valence-corrected chi connectivity index (χ4v) is 5.73. The number of halogens is 2. The van der Waals surface area contributed by atoms with Gasteiger partial charge < -0.3 is 19.5 Å². The number of thioether (sulfide) groups is 1. The van der Waals surface area contributed by atoms with E-state index < -0.39 is 11.8 Å². The van der Waals surface area contributed by atoms with E-state index in [9.17, 15) is 14.4 Å². The van der Waals surface area contributed by atoms with Gasteiger partial charge >= 0.3 is 0 Å². The maximum Gasteiger partial charge on any atom is 0.293 e. The van der Waals surface area contributed by atoms with Crippen LogP contribution < -0.4 is 19.5 Å². The molecule has 0 aromatic heterocycles. The van der Waals surface area contributed by atoms with E-state index in [0.717, 1.165) is 34.2 Å². The molecule has 3 aromatic carbocycles. The first-order chi connectivity index (χ1) is 21.0. The number of imide groups is 1. The molecule has 0 spiro atoms. The maximum atomic E-state index is 13.1. The van der Waals surface area contributed by atoms with Crippen LogP contribution in [-0.2, 0) is 9.59 Å². The van der Waals surface area contributed by atoms with Crippen molar-refractivity contribution in [2.24, 2.45) is 0 Å². The minimum atomic E-state index is -0.417. The SMILES string of the molecule is CCOc1cc(/C=C2\SC(=O)N(CCOc3cc(C)ccc3C(C)C)C2=O)cc(Cl)c1OCC(=O)Nc1ccc(C)c(Cl)c1. The second-order valence-corrected chi connectivity index (χ2v) is 12.2. The zero-order chi connectivity index (χ0) is 32.0. The minimum absolute atomic E-state index is 0.113. The van der Waals surface area contributed by atoms with Crippen molar-refractivity contribution in [3.63, 3.8) is 0 Å². The molecular formula is C33H34Cl2N2O6S. The number of nitrogens with one attached hydrogen (secondary N) is 1. The fourth-order valence-electron chi connectivity index (χ4n) is 4.41. The number of carbonyl (C=O) groups is 3. The highest BCUT2D eigenvalue weighted by atomic mass is 35.5. The van der Waals surface area contributed by atoms with Crippen molar-refractivity contribution in [3.05, 3.63) is 85.7 Å². The predicted octanol–water partition coefficient (Wildman–Crippen LogP) is 8.27. The van der Waals surface area contributed by atoms with Gasteiger partial charge in [0.05, 0.1) is 23.1 Å². The third-order valence-electron chi connectivity index (χ3n) is 6.67. The van der Waals surface area contributed by atoms with Crippen LogP contribution in [0.5, 0.6) is 17.2 Å². The molecule has 0 saturated carbocycles. The van der Waals surface area contributed by atoms with Crippen molar-refractivity contribution in [2.75, 3.05) is 31.7 Å². The smallest absolute Gasteiger partial charge is 0.293 e. The monoisotopic (exact) mass is 656 g/mol. The molecule has 1 saturated heterocycles. The lowest BCUT2D eigenvalue weighted by atomic mass is 10.0. The summed E-state index contributed by atoms with van der Waals surface area (Å²) in [5.74, 6) is 0.674. The normalized spacial score (nSPS) is 14.0. The lowest BCUT2D eigenvalue weighted by Crippen LogP contribution is -2.32. The summed E-state index contributed by atoms with van der Waals surface area (Å²) in [6, 6.07) is 14.5. The molecule has 0 bridgehead atoms. The number of aryl methyl sites for hydroxylation is 2. The van der Waals surface area contributed by atoms with Gasteiger partial charge in [-0.25, -0.2) is 0 Å². The molecule has 1 fully saturated rings. The van der Waals surface area contributed by atoms with Gasteiger partial charge in [-0.05, 0) is 97.1 Å². The van der Waals surface area contributed by atoms with Crippen LogP contribution in [0.25, 0.3) is 6.08 Å². The van der Waals surface area contributed by atoms with E-state index in [1.165, 1.54) is 4.90 Å². The Kier molecular flexibility index (Phi) is 11.2. The molecule has 4 rings (SSSR count). The highest BCUT2D eigenvalue weighted by molar-refractivity contribution is 8.18. The molecule has 11 heteroatoms. The molecule has 3 amide bonds. The number of nitrogens with zero attached hydrogens (tertiary/aromatic N) is 1. The van der Waals surface area contributed by atoms with Gasteiger partial charge in [0, 0.05) is 10.7 Å². The highest BCUT2D eigenvalue weighted by Gasteiger charge is 2.35. The molecule has 1 aliphatic heterocycles. The maximum absolute atomic E-state index is 13.1. The molecule has 1 aliphatic rings. The van der Waals surface area contributed by atoms with E-state index in [-0.39, 0.29) is 46.6 Å². The number of amides is 3. The Morgan fingerprint density at radius 2 is 1.75 bits per heavy atom. The van der Waals surface area contributed by atoms with Crippen LogP contribution in [0.15, 0.2) is 53.4 Å². The summed E-state index contributed by atoms with van der Waals surface area (Å²) in [6.45, 7) is 10.1. The van der Waals surface area contributed by atoms with Crippen LogP contribution in [0.4, 0.5) is 10.5 Å². The predicted molar refractivity (Wildman–Crippen MR) is 176 cm³/mol. The van der Waals surface area contributed by atoms with E-state index in [1.54, 1.807) is 43.3 Å². The summed E-state index contributed by atoms with van der Waals surface area (Å²) in [5.41, 5.74) is 4.10. The summed E-state index contributed by atoms with van der Waals surface area (Å²) in [6.07, 6.45) is 1.58. The second-order valence-electron chi connectivity index (χ2n) is 10.4. The lowest BCUT2D eigenvalue weighted by Gasteiger charge is -2.17. The van der Waals surface area contributed by atoms with Crippen LogP contribution in [-0.4, -0.2) is 48.3 Å². The zero-order valence-corrected chi connectivity index (χ0v) is 27.5. The minimum Gasteiger partial charge on any atom is -0.491 e. The van der Waals surface area contributed by atoms with Crippen molar-refractivity contribution < 1.29 is 28.6 Å². The highest BCUT2D eigenvalue weighted by Crippen LogP contribution is 2.39. The van der Waals surface area contributed by atoms with Crippen molar-refractivity contribution in [1.82, 2.24) is 4.90 Å². The van der Waals surface area contributed by atoms with Crippen LogP contribution in [0.1, 0.15) is 48.9 Å². The Morgan fingerprint density at radius 1 is 0.977 bits per heavy atom. The largest absolute Gasteiger partial charge is 0.491 e. The second kappa shape index (κ2) is 14.9. The molecule has 8 nitrogen and oxygen atoms in total. The van der Waals surface area contributed by atoms with Crippen LogP contribution >= 0.6 is 35.0 Å². The third kappa shape index (κ3) is 8.28. The van der Waals surface area contributed by atoms with Crippen molar-refractivity contribution >= 4 is 63.8 Å². The number of benzene rings is 3. The summed E-state index contributed by atoms with van der Waals surface area (Å²) in [5, 5.41) is 3.07. The van der Waals surface area contributed by atoms with Gasteiger partial charge in [0.2, 0.25) is 0 Å². The van der Waals surface area contributed by atoms with Gasteiger partial charge in [-0.15, -0.1) is 0 Å². The first-order valence-corrected chi connectivity index (χ1v) is 15.7. The average molecular weight is 658 g/mol. The molecule has 1 N–H and O–H groups in total. The summed E-state index contributed by atoms with van der Waals surface area (Å²) < 4.78 is 17.4. The number of carbonyl (C=O) groups excluding carboxylic acids is 3. The standard InChI is InChI=1S/C33H34Cl2N2O6S/c1-6-41-28-15-22(14-26(35)31(28)43-18-30(38)36-23-9-8-21(5)25(34)17-23)16-29-32(39)37(33(40)44-29)11-12-42-27-13-20(4)7-10-24(27)19(2)3/h7-10,13-17,19H,6,11-12,18H2,1-5H3,(H,36,38)/b29-16-. The quantitative estimate of drug-likeness (QED) is 0.196. The van der Waals surface area contributed by atoms with E-state index in [2.05, 4.69) is 19.2 Å². The summed E-state index contributed by atoms with van der Waals surface area (Å²) >= 11 is 13.5. The number of ether oxygens (including phenoxy) is 3. The molecule has 0 atom stereocenters. The Labute approximate surface area is 271 Å². The first kappa shape index (κ1) is 33.2. The zero-order valence-electron chi connectivity index (χ0n) is 25.2. The van der Waals surface area contributed by atoms with Gasteiger partial charge in [0.15, 0.2) is 18.1 Å². The topological polar surface area (TPSA) is 94.2 Å². The molecule has 232 valence electrons. The fraction of sp³-hybridized carbons (Fsp3) is 0.303. The summed E-state index contributed by atoms with van der Waals surface area (Å²) in [4.78, 5) is 39.8. The van der Waals surface area contributed by atoms with Gasteiger partial charge in [-0.3, -0.25) is 19.3 Å². The molecule has 0 aliphatic carbocycles. The van der Waals surface area contributed by atoms with E-state index in [4.69, 9.17) is 37.4 Å². The van der Waals surface area contributed by atoms with E-state index in [0.29, 0.717) is 28.6 Å². The molecule has 1 heterocycles. The Bertz CT molecular complexity index is 1610. The Morgan fingerprint density at radius 3 is 2.45 bits per heavy atom. The first-order valence-electron chi connectivity index (χ1n) is 14.1. The number of anilines is 1. The molecular weight excluding hydrogens is 623 g/mol. The lowest BCUT2D eigenvalue weighted by molar-refractivity contribution is -0.123. The van der Waals surface area contributed by atoms with Crippen molar-refractivity contribution in [2.45, 2.75) is 40.5 Å². The molecule has 44 heavy (non-hydrogen) atoms. The van der Waals surface area contributed by atoms with Gasteiger partial charge in [-0.1, -0.05) is 55.2 Å². The van der Waals surface area contributed by atoms with Crippen LogP contribution in [0.2, 0.25) is 10.0 Å². The Hall–Kier alpha value is -3.66. The molecule has 0 radical (unpaired) electrons. The molecule has 3 aromatic rings. The van der Waals surface area contributed by atoms with Crippen molar-refractivity contribution in [3.8, 4) is 17.2 Å². The van der Waals surface area contributed by atoms with Crippen LogP contribution in [0, 0.1) is 13.8 Å². The number of hydrogen-bond donors (Lipinski definition) is 1. The van der Waals surface area contributed by atoms with Gasteiger partial charge in [0.1, 0.15) is 12.4 Å².